The van der Waals surface area contributed by atoms with Gasteiger partial charge < -0.3 is 26.0 Å². The number of nitro groups is 1. The molecule has 3 rings (SSSR count). The Bertz CT molecular complexity index is 1110. The number of nitro benzene ring substituents is 1. The maximum atomic E-state index is 12.5. The van der Waals surface area contributed by atoms with E-state index in [0.29, 0.717) is 0 Å². The number of non-ortho nitro benzene ring substituents is 1. The first-order chi connectivity index (χ1) is 12.9. The maximum absolute atomic E-state index is 12.5. The van der Waals surface area contributed by atoms with Gasteiger partial charge in [-0.2, -0.15) is 0 Å². The van der Waals surface area contributed by atoms with E-state index in [2.05, 4.69) is 20.2 Å². The van der Waals surface area contributed by atoms with Crippen LogP contribution >= 0.6 is 0 Å². The quantitative estimate of drug-likeness (QED) is 0.210. The van der Waals surface area contributed by atoms with E-state index in [1.807, 2.05) is 0 Å². The van der Waals surface area contributed by atoms with Gasteiger partial charge in [-0.3, -0.25) is 14.9 Å². The van der Waals surface area contributed by atoms with Crippen LogP contribution < -0.4 is 17.0 Å². The summed E-state index contributed by atoms with van der Waals surface area (Å²) in [6.45, 7) is 0. The molecule has 0 radical (unpaired) electrons. The van der Waals surface area contributed by atoms with Gasteiger partial charge in [0.1, 0.15) is 11.5 Å². The van der Waals surface area contributed by atoms with E-state index in [1.165, 1.54) is 36.6 Å². The predicted molar refractivity (Wildman–Crippen MR) is 95.0 cm³/mol. The summed E-state index contributed by atoms with van der Waals surface area (Å²) in [4.78, 5) is 29.3. The third-order valence-corrected chi connectivity index (χ3v) is 3.47. The molecule has 1 unspecified atom stereocenters. The Hall–Kier alpha value is -4.06. The Morgan fingerprint density at radius 2 is 2.11 bits per heavy atom. The number of nitrogens with two attached hydrogens (primary N) is 2. The first-order valence-corrected chi connectivity index (χ1v) is 7.43. The summed E-state index contributed by atoms with van der Waals surface area (Å²) in [7, 11) is 0. The summed E-state index contributed by atoms with van der Waals surface area (Å²) in [5.74, 6) is -0.309. The minimum Gasteiger partial charge on any atom is -0.466 e. The third-order valence-electron chi connectivity index (χ3n) is 3.47. The molecule has 0 aliphatic carbocycles. The molecule has 0 aliphatic heterocycles. The van der Waals surface area contributed by atoms with Crippen molar-refractivity contribution in [3.05, 3.63) is 68.5 Å². The lowest BCUT2D eigenvalue weighted by atomic mass is 10.1. The smallest absolute Gasteiger partial charge is 0.276 e. The molecule has 1 aromatic carbocycles. The van der Waals surface area contributed by atoms with Gasteiger partial charge in [0.25, 0.3) is 11.2 Å². The van der Waals surface area contributed by atoms with E-state index in [0.717, 1.165) is 0 Å². The van der Waals surface area contributed by atoms with E-state index < -0.39 is 22.5 Å². The Morgan fingerprint density at radius 1 is 1.33 bits per heavy atom. The molecule has 12 nitrogen and oxygen atoms in total. The van der Waals surface area contributed by atoms with Gasteiger partial charge in [-0.15, -0.1) is 10.2 Å². The molecule has 12 heteroatoms. The van der Waals surface area contributed by atoms with Crippen molar-refractivity contribution in [1.29, 1.82) is 0 Å². The first-order valence-electron chi connectivity index (χ1n) is 7.43. The summed E-state index contributed by atoms with van der Waals surface area (Å²) in [6.07, 6.45) is -0.152. The molecule has 0 bridgehead atoms. The molecule has 0 saturated heterocycles. The highest BCUT2D eigenvalue weighted by atomic mass is 16.6. The van der Waals surface area contributed by atoms with Crippen LogP contribution in [0.3, 0.4) is 0 Å². The number of hydrogen-bond acceptors (Lipinski definition) is 8. The van der Waals surface area contributed by atoms with Crippen LogP contribution in [0.2, 0.25) is 0 Å². The Morgan fingerprint density at radius 3 is 2.74 bits per heavy atom. The fourth-order valence-electron chi connectivity index (χ4n) is 2.29. The van der Waals surface area contributed by atoms with E-state index >= 15 is 0 Å². The zero-order valence-corrected chi connectivity index (χ0v) is 13.6. The van der Waals surface area contributed by atoms with Crippen LogP contribution in [0, 0.1) is 10.1 Å². The van der Waals surface area contributed by atoms with Gasteiger partial charge in [-0.05, 0) is 18.2 Å². The second-order valence-corrected chi connectivity index (χ2v) is 5.30. The Kier molecular flexibility index (Phi) is 4.64. The van der Waals surface area contributed by atoms with Gasteiger partial charge in [-0.25, -0.2) is 4.98 Å². The normalized spacial score (nSPS) is 12.7. The molecule has 0 amide bonds. The van der Waals surface area contributed by atoms with Crippen molar-refractivity contribution < 1.29 is 14.4 Å². The molecular weight excluding hydrogens is 358 g/mol. The highest BCUT2D eigenvalue weighted by Crippen LogP contribution is 2.20. The van der Waals surface area contributed by atoms with Crippen molar-refractivity contribution in [2.24, 2.45) is 21.7 Å². The van der Waals surface area contributed by atoms with Crippen LogP contribution in [0.15, 0.2) is 56.0 Å². The van der Waals surface area contributed by atoms with Gasteiger partial charge in [-0.1, -0.05) is 0 Å². The van der Waals surface area contributed by atoms with Gasteiger partial charge in [0.15, 0.2) is 11.8 Å². The lowest BCUT2D eigenvalue weighted by molar-refractivity contribution is -0.384. The van der Waals surface area contributed by atoms with Crippen molar-refractivity contribution >= 4 is 28.4 Å². The van der Waals surface area contributed by atoms with Gasteiger partial charge in [0, 0.05) is 12.1 Å². The van der Waals surface area contributed by atoms with E-state index in [-0.39, 0.29) is 33.9 Å². The zero-order valence-electron chi connectivity index (χ0n) is 13.6. The minimum absolute atomic E-state index is 0.0875. The number of rotatable bonds is 5. The topological polar surface area (TPSA) is 199 Å². The molecule has 3 aromatic rings. The number of furan rings is 1. The van der Waals surface area contributed by atoms with Gasteiger partial charge in [0.05, 0.1) is 22.2 Å². The lowest BCUT2D eigenvalue weighted by Crippen LogP contribution is -2.26. The predicted octanol–water partition coefficient (Wildman–Crippen LogP) is 0.135. The van der Waals surface area contributed by atoms with Crippen molar-refractivity contribution in [1.82, 2.24) is 9.97 Å². The van der Waals surface area contributed by atoms with Crippen molar-refractivity contribution in [2.45, 2.75) is 6.10 Å². The van der Waals surface area contributed by atoms with E-state index in [1.54, 1.807) is 0 Å². The molecule has 6 N–H and O–H groups in total. The molecule has 2 heterocycles. The number of nitrogens with zero attached hydrogens (tertiary/aromatic N) is 4. The number of aliphatic hydroxyl groups is 1. The van der Waals surface area contributed by atoms with Gasteiger partial charge in [0.2, 0.25) is 5.96 Å². The van der Waals surface area contributed by atoms with Crippen molar-refractivity contribution in [3.63, 3.8) is 0 Å². The highest BCUT2D eigenvalue weighted by Gasteiger charge is 2.25. The average Bonchev–Trinajstić information content (AvgIpc) is 3.15. The molecular formula is C15H13N7O5. The molecule has 0 aliphatic rings. The SMILES string of the molecule is NC(N)=N/N=C(\c1nc2ccc([N+](=O)[O-])cc2[nH]c1=O)C(O)c1ccco1. The molecule has 1 atom stereocenters. The number of hydrogen-bond donors (Lipinski definition) is 4. The Balaban J connectivity index is 2.18. The van der Waals surface area contributed by atoms with Crippen LogP contribution in [-0.4, -0.2) is 31.7 Å². The number of aromatic nitrogens is 2. The first kappa shape index (κ1) is 17.8. The number of H-pyrrole nitrogens is 1. The standard InChI is InChI=1S/C15H13N7O5/c16-15(17)21-20-11(13(23)10-2-1-5-27-10)12-14(24)19-9-6-7(22(25)26)3-4-8(9)18-12/h1-6,13,23H,(H,19,24)(H4,16,17,21)/b20-11+. The summed E-state index contributed by atoms with van der Waals surface area (Å²) >= 11 is 0. The third kappa shape index (κ3) is 3.64. The molecule has 2 aromatic heterocycles. The largest absolute Gasteiger partial charge is 0.466 e. The van der Waals surface area contributed by atoms with Crippen LogP contribution in [0.5, 0.6) is 0 Å². The molecule has 138 valence electrons. The highest BCUT2D eigenvalue weighted by molar-refractivity contribution is 6.03. The second-order valence-electron chi connectivity index (χ2n) is 5.30. The number of guanidine groups is 1. The average molecular weight is 371 g/mol. The fourth-order valence-corrected chi connectivity index (χ4v) is 2.29. The van der Waals surface area contributed by atoms with Crippen LogP contribution in [0.1, 0.15) is 17.6 Å². The molecule has 0 spiro atoms. The summed E-state index contributed by atoms with van der Waals surface area (Å²) in [6, 6.07) is 6.75. The number of aliphatic hydroxyl groups excluding tert-OH is 1. The zero-order chi connectivity index (χ0) is 19.6. The van der Waals surface area contributed by atoms with Gasteiger partial charge >= 0.3 is 0 Å². The second kappa shape index (κ2) is 7.05. The molecule has 0 fully saturated rings. The van der Waals surface area contributed by atoms with Crippen molar-refractivity contribution in [3.8, 4) is 0 Å². The molecule has 27 heavy (non-hydrogen) atoms. The van der Waals surface area contributed by atoms with E-state index in [9.17, 15) is 20.0 Å². The fraction of sp³-hybridized carbons (Fsp3) is 0.0667. The van der Waals surface area contributed by atoms with Crippen LogP contribution in [0.25, 0.3) is 11.0 Å². The number of fused-ring (bicyclic) bond motifs is 1. The molecule has 0 saturated carbocycles. The van der Waals surface area contributed by atoms with E-state index in [4.69, 9.17) is 15.9 Å². The number of nitrogens with one attached hydrogen (secondary N) is 1. The number of aromatic amines is 1. The number of benzene rings is 1. The van der Waals surface area contributed by atoms with Crippen LogP contribution in [0.4, 0.5) is 5.69 Å². The summed E-state index contributed by atoms with van der Waals surface area (Å²) in [5.41, 5.74) is 9.39. The summed E-state index contributed by atoms with van der Waals surface area (Å²) in [5, 5.41) is 28.5. The van der Waals surface area contributed by atoms with Crippen molar-refractivity contribution in [2.75, 3.05) is 0 Å². The Labute approximate surface area is 150 Å². The minimum atomic E-state index is -1.48. The summed E-state index contributed by atoms with van der Waals surface area (Å²) < 4.78 is 5.12. The maximum Gasteiger partial charge on any atom is 0.276 e. The monoisotopic (exact) mass is 371 g/mol. The van der Waals surface area contributed by atoms with Crippen LogP contribution in [-0.2, 0) is 0 Å². The lowest BCUT2D eigenvalue weighted by Gasteiger charge is -2.10.